The summed E-state index contributed by atoms with van der Waals surface area (Å²) in [6.07, 6.45) is 4.70. The molecule has 9 heteroatoms. The van der Waals surface area contributed by atoms with Gasteiger partial charge in [-0.15, -0.1) is 0 Å². The second-order valence-corrected chi connectivity index (χ2v) is 7.01. The van der Waals surface area contributed by atoms with Gasteiger partial charge in [0.15, 0.2) is 6.61 Å². The van der Waals surface area contributed by atoms with Gasteiger partial charge in [0.25, 0.3) is 5.91 Å². The number of amides is 3. The average molecular weight is 411 g/mol. The summed E-state index contributed by atoms with van der Waals surface area (Å²) < 4.78 is 4.87. The molecule has 0 radical (unpaired) electrons. The smallest absolute Gasteiger partial charge is 0.326 e. The number of esters is 1. The lowest BCUT2D eigenvalue weighted by Gasteiger charge is -2.14. The van der Waals surface area contributed by atoms with Gasteiger partial charge < -0.3 is 10.1 Å². The number of allylic oxidation sites excluding steroid dienone is 2. The number of carbonyl (C=O) groups excluding carboxylic acids is 4. The molecule has 142 valence electrons. The Kier molecular flexibility index (Phi) is 5.82. The first kappa shape index (κ1) is 19.4. The van der Waals surface area contributed by atoms with Gasteiger partial charge in [-0.05, 0) is 25.0 Å². The Morgan fingerprint density at radius 1 is 1.11 bits per heavy atom. The van der Waals surface area contributed by atoms with Crippen LogP contribution in [0.3, 0.4) is 0 Å². The number of ether oxygens (including phenoxy) is 1. The van der Waals surface area contributed by atoms with Gasteiger partial charge >= 0.3 is 5.97 Å². The van der Waals surface area contributed by atoms with Crippen LogP contribution in [0.5, 0.6) is 0 Å². The Morgan fingerprint density at radius 2 is 1.74 bits per heavy atom. The number of anilines is 1. The number of halogens is 2. The second kappa shape index (κ2) is 8.10. The van der Waals surface area contributed by atoms with E-state index in [-0.39, 0.29) is 27.5 Å². The minimum atomic E-state index is -0.837. The Balaban J connectivity index is 1.51. The number of rotatable bonds is 5. The zero-order valence-electron chi connectivity index (χ0n) is 14.1. The number of hydrogen-bond acceptors (Lipinski definition) is 5. The third-order valence-electron chi connectivity index (χ3n) is 4.48. The number of imide groups is 1. The van der Waals surface area contributed by atoms with E-state index in [1.807, 2.05) is 12.2 Å². The first-order valence-corrected chi connectivity index (χ1v) is 9.03. The van der Waals surface area contributed by atoms with Crippen molar-refractivity contribution < 1.29 is 23.9 Å². The second-order valence-electron chi connectivity index (χ2n) is 6.23. The summed E-state index contributed by atoms with van der Waals surface area (Å²) in [5.41, 5.74) is 0.284. The van der Waals surface area contributed by atoms with Crippen molar-refractivity contribution in [2.75, 3.05) is 18.5 Å². The number of fused-ring (bicyclic) bond motifs is 1. The van der Waals surface area contributed by atoms with Crippen molar-refractivity contribution in [3.05, 3.63) is 40.4 Å². The highest BCUT2D eigenvalue weighted by molar-refractivity contribution is 6.44. The summed E-state index contributed by atoms with van der Waals surface area (Å²) >= 11 is 11.8. The highest BCUT2D eigenvalue weighted by Crippen LogP contribution is 2.34. The molecule has 1 fully saturated rings. The normalized spacial score (nSPS) is 21.2. The lowest BCUT2D eigenvalue weighted by atomic mass is 9.85. The van der Waals surface area contributed by atoms with Crippen LogP contribution in [0, 0.1) is 11.8 Å². The van der Waals surface area contributed by atoms with E-state index in [4.69, 9.17) is 27.9 Å². The van der Waals surface area contributed by atoms with Gasteiger partial charge in [0, 0.05) is 0 Å². The molecular weight excluding hydrogens is 395 g/mol. The lowest BCUT2D eigenvalue weighted by Crippen LogP contribution is -2.37. The van der Waals surface area contributed by atoms with Crippen LogP contribution in [0.2, 0.25) is 10.0 Å². The summed E-state index contributed by atoms with van der Waals surface area (Å²) in [7, 11) is 0. The molecule has 0 bridgehead atoms. The monoisotopic (exact) mass is 410 g/mol. The summed E-state index contributed by atoms with van der Waals surface area (Å²) in [4.78, 5) is 49.4. The molecule has 1 aliphatic heterocycles. The predicted octanol–water partition coefficient (Wildman–Crippen LogP) is 2.43. The first-order valence-electron chi connectivity index (χ1n) is 8.28. The topological polar surface area (TPSA) is 92.8 Å². The number of carbonyl (C=O) groups is 4. The molecule has 1 N–H and O–H groups in total. The molecule has 0 aromatic heterocycles. The quantitative estimate of drug-likeness (QED) is 0.457. The molecule has 0 unspecified atom stereocenters. The van der Waals surface area contributed by atoms with Crippen LogP contribution in [-0.2, 0) is 23.9 Å². The van der Waals surface area contributed by atoms with Crippen molar-refractivity contribution in [3.63, 3.8) is 0 Å². The minimum absolute atomic E-state index is 0.170. The maximum atomic E-state index is 12.3. The van der Waals surface area contributed by atoms with Crippen molar-refractivity contribution in [2.24, 2.45) is 11.8 Å². The van der Waals surface area contributed by atoms with E-state index >= 15 is 0 Å². The van der Waals surface area contributed by atoms with Gasteiger partial charge in [0.2, 0.25) is 11.8 Å². The van der Waals surface area contributed by atoms with E-state index in [0.717, 1.165) is 4.90 Å². The lowest BCUT2D eigenvalue weighted by molar-refractivity contribution is -0.154. The van der Waals surface area contributed by atoms with Gasteiger partial charge in [-0.2, -0.15) is 0 Å². The van der Waals surface area contributed by atoms with E-state index in [1.54, 1.807) is 18.2 Å². The van der Waals surface area contributed by atoms with Gasteiger partial charge in [0.1, 0.15) is 6.54 Å². The van der Waals surface area contributed by atoms with Crippen molar-refractivity contribution in [1.29, 1.82) is 0 Å². The molecule has 0 spiro atoms. The zero-order chi connectivity index (χ0) is 19.6. The van der Waals surface area contributed by atoms with E-state index < -0.39 is 36.9 Å². The van der Waals surface area contributed by atoms with E-state index in [2.05, 4.69) is 5.32 Å². The molecule has 0 saturated carbocycles. The maximum Gasteiger partial charge on any atom is 0.326 e. The number of hydrogen-bond donors (Lipinski definition) is 1. The third kappa shape index (κ3) is 4.14. The van der Waals surface area contributed by atoms with Crippen LogP contribution in [0.1, 0.15) is 12.8 Å². The highest BCUT2D eigenvalue weighted by atomic mass is 35.5. The molecule has 27 heavy (non-hydrogen) atoms. The van der Waals surface area contributed by atoms with Gasteiger partial charge in [-0.3, -0.25) is 24.1 Å². The van der Waals surface area contributed by atoms with Gasteiger partial charge in [-0.25, -0.2) is 0 Å². The summed E-state index contributed by atoms with van der Waals surface area (Å²) in [5, 5.41) is 2.91. The van der Waals surface area contributed by atoms with E-state index in [9.17, 15) is 19.2 Å². The number of nitrogens with zero attached hydrogens (tertiary/aromatic N) is 1. The molecule has 3 amide bonds. The number of likely N-dealkylation sites (tertiary alicyclic amines) is 1. The fourth-order valence-electron chi connectivity index (χ4n) is 3.13. The number of benzene rings is 1. The predicted molar refractivity (Wildman–Crippen MR) is 98.1 cm³/mol. The largest absolute Gasteiger partial charge is 0.454 e. The Hall–Kier alpha value is -2.38. The van der Waals surface area contributed by atoms with Crippen LogP contribution in [-0.4, -0.2) is 41.7 Å². The van der Waals surface area contributed by atoms with Crippen LogP contribution >= 0.6 is 23.2 Å². The standard InChI is InChI=1S/C18H16Cl2N2O5/c19-12-6-3-7-13(16(12)20)21-14(23)9-27-15(24)8-22-17(25)10-4-1-2-5-11(10)18(22)26/h1-3,6-7,10-11H,4-5,8-9H2,(H,21,23)/t10-,11+. The van der Waals surface area contributed by atoms with Gasteiger partial charge in [-0.1, -0.05) is 41.4 Å². The third-order valence-corrected chi connectivity index (χ3v) is 5.29. The van der Waals surface area contributed by atoms with Crippen LogP contribution in [0.4, 0.5) is 5.69 Å². The van der Waals surface area contributed by atoms with Crippen LogP contribution in [0.15, 0.2) is 30.4 Å². The maximum absolute atomic E-state index is 12.3. The number of nitrogens with one attached hydrogen (secondary N) is 1. The Morgan fingerprint density at radius 3 is 2.37 bits per heavy atom. The molecule has 2 aliphatic rings. The molecule has 7 nitrogen and oxygen atoms in total. The van der Waals surface area contributed by atoms with E-state index in [0.29, 0.717) is 12.8 Å². The fourth-order valence-corrected chi connectivity index (χ4v) is 3.48. The fraction of sp³-hybridized carbons (Fsp3) is 0.333. The SMILES string of the molecule is O=C(COC(=O)CN1C(=O)[C@H]2CC=CC[C@H]2C1=O)Nc1cccc(Cl)c1Cl. The molecule has 3 rings (SSSR count). The van der Waals surface area contributed by atoms with Crippen LogP contribution in [0.25, 0.3) is 0 Å². The molecule has 1 aliphatic carbocycles. The summed E-state index contributed by atoms with van der Waals surface area (Å²) in [6, 6.07) is 4.72. The van der Waals surface area contributed by atoms with Crippen molar-refractivity contribution in [3.8, 4) is 0 Å². The zero-order valence-corrected chi connectivity index (χ0v) is 15.6. The van der Waals surface area contributed by atoms with Crippen molar-refractivity contribution in [1.82, 2.24) is 4.90 Å². The first-order chi connectivity index (χ1) is 12.9. The van der Waals surface area contributed by atoms with Gasteiger partial charge in [0.05, 0.1) is 27.6 Å². The Labute approximate surface area is 165 Å². The molecule has 1 aromatic carbocycles. The molecular formula is C18H16Cl2N2O5. The summed E-state index contributed by atoms with van der Waals surface area (Å²) in [6.45, 7) is -1.08. The van der Waals surface area contributed by atoms with Crippen molar-refractivity contribution >= 4 is 52.6 Å². The minimum Gasteiger partial charge on any atom is -0.454 e. The molecule has 1 heterocycles. The summed E-state index contributed by atoms with van der Waals surface area (Å²) in [5.74, 6) is -3.03. The average Bonchev–Trinajstić information content (AvgIpc) is 2.89. The van der Waals surface area contributed by atoms with Crippen molar-refractivity contribution in [2.45, 2.75) is 12.8 Å². The molecule has 1 aromatic rings. The van der Waals surface area contributed by atoms with E-state index in [1.165, 1.54) is 0 Å². The molecule has 2 atom stereocenters. The molecule has 1 saturated heterocycles. The highest BCUT2D eigenvalue weighted by Gasteiger charge is 2.47. The van der Waals surface area contributed by atoms with Crippen LogP contribution < -0.4 is 5.32 Å². The Bertz CT molecular complexity index is 813.